The van der Waals surface area contributed by atoms with Gasteiger partial charge in [-0.1, -0.05) is 211 Å². The molecule has 0 aliphatic carbocycles. The molecular weight excluding hydrogens is 1010 g/mol. The van der Waals surface area contributed by atoms with Crippen LogP contribution in [0.3, 0.4) is 0 Å². The molecule has 0 bridgehead atoms. The third kappa shape index (κ3) is 9.72. The molecule has 10 aromatic rings. The van der Waals surface area contributed by atoms with E-state index in [1.165, 1.54) is 38.9 Å². The number of anilines is 8. The van der Waals surface area contributed by atoms with E-state index in [1.807, 2.05) is 6.08 Å². The molecule has 2 aliphatic rings. The van der Waals surface area contributed by atoms with E-state index in [0.717, 1.165) is 101 Å². The van der Waals surface area contributed by atoms with Gasteiger partial charge in [-0.05, 0) is 181 Å². The molecule has 2 aliphatic heterocycles. The van der Waals surface area contributed by atoms with Crippen molar-refractivity contribution in [2.45, 2.75) is 119 Å². The molecule has 0 spiro atoms. The first-order chi connectivity index (χ1) is 39.5. The SMILES string of the molecule is C=C/C=C(\C(C)=C/C)c1cc2c3c(c1)N(c1ccc(C(C)(C)C)cc1-c1ccccc1)c1c(ccc4c1oc1ccccc14)B3N(c1ccc(C(C)(C)C)cc1)c1ccc(N(c3ccc(C(C)(C)C)cc3)c3ccc(C(C)(C)C)cc3)cc1-2. The largest absolute Gasteiger partial charge is 0.454 e. The Kier molecular flexibility index (Phi) is 13.5. The Morgan fingerprint density at radius 2 is 1.06 bits per heavy atom. The first-order valence-corrected chi connectivity index (χ1v) is 29.7. The highest BCUT2D eigenvalue weighted by Crippen LogP contribution is 2.53. The second-order valence-electron chi connectivity index (χ2n) is 27.1. The van der Waals surface area contributed by atoms with Crippen molar-refractivity contribution in [3.05, 3.63) is 246 Å². The van der Waals surface area contributed by atoms with Gasteiger partial charge in [0.2, 0.25) is 0 Å². The summed E-state index contributed by atoms with van der Waals surface area (Å²) in [5.41, 5.74) is 25.9. The number of furan rings is 1. The fourth-order valence-corrected chi connectivity index (χ4v) is 12.6. The Hall–Kier alpha value is -8.54. The van der Waals surface area contributed by atoms with E-state index in [-0.39, 0.29) is 28.5 Å². The van der Waals surface area contributed by atoms with Crippen LogP contribution in [0.4, 0.5) is 45.5 Å². The van der Waals surface area contributed by atoms with Crippen LogP contribution in [0.5, 0.6) is 0 Å². The molecule has 0 amide bonds. The molecule has 5 heteroatoms. The summed E-state index contributed by atoms with van der Waals surface area (Å²) < 4.78 is 7.30. The van der Waals surface area contributed by atoms with E-state index in [1.54, 1.807) is 0 Å². The highest BCUT2D eigenvalue weighted by atomic mass is 16.3. The van der Waals surface area contributed by atoms with Gasteiger partial charge >= 0.3 is 6.85 Å². The highest BCUT2D eigenvalue weighted by Gasteiger charge is 2.47. The van der Waals surface area contributed by atoms with E-state index in [0.29, 0.717) is 0 Å². The third-order valence-electron chi connectivity index (χ3n) is 17.4. The first-order valence-electron chi connectivity index (χ1n) is 29.7. The van der Waals surface area contributed by atoms with Crippen LogP contribution in [0, 0.1) is 0 Å². The summed E-state index contributed by atoms with van der Waals surface area (Å²) in [5.74, 6) is 0. The Morgan fingerprint density at radius 3 is 1.65 bits per heavy atom. The summed E-state index contributed by atoms with van der Waals surface area (Å²) in [6.07, 6.45) is 6.33. The zero-order valence-electron chi connectivity index (χ0n) is 51.2. The summed E-state index contributed by atoms with van der Waals surface area (Å²) in [7, 11) is 0. The molecule has 9 aromatic carbocycles. The average molecular weight is 1080 g/mol. The standard InChI is InChI=1S/C78H78BN3O/c1-16-23-61(50(3)17-2)52-46-66-65-49-60(80(57-35-28-53(29-36-57)75(4,5)6)58-37-30-54(31-38-58)76(7,8)9)41-45-69(65)82(59-39-32-55(33-40-59)77(10,11)12)79-67-43-42-63-62-26-21-22-27-71(62)83-74(63)73(67)81(70(47-52)72(66)79)68-44-34-56(78(13,14)15)48-64(68)51-24-19-18-20-25-51/h16-49H,1H2,2-15H3/b50-17-,61-23+. The lowest BCUT2D eigenvalue weighted by Crippen LogP contribution is -2.61. The molecule has 12 rings (SSSR count). The molecule has 0 N–H and O–H groups in total. The fraction of sp³-hybridized carbons (Fsp3) is 0.231. The molecule has 414 valence electrons. The molecule has 0 fully saturated rings. The Balaban J connectivity index is 1.23. The summed E-state index contributed by atoms with van der Waals surface area (Å²) in [4.78, 5) is 7.64. The van der Waals surface area contributed by atoms with Crippen LogP contribution in [-0.2, 0) is 21.7 Å². The molecule has 0 saturated heterocycles. The van der Waals surface area contributed by atoms with E-state index < -0.39 is 0 Å². The van der Waals surface area contributed by atoms with E-state index in [4.69, 9.17) is 4.42 Å². The lowest BCUT2D eigenvalue weighted by molar-refractivity contribution is 0.590. The van der Waals surface area contributed by atoms with E-state index in [2.05, 4.69) is 318 Å². The molecular formula is C78H78BN3O. The van der Waals surface area contributed by atoms with Gasteiger partial charge < -0.3 is 19.0 Å². The summed E-state index contributed by atoms with van der Waals surface area (Å²) in [5, 5.41) is 2.18. The highest BCUT2D eigenvalue weighted by molar-refractivity contribution is 6.94. The lowest BCUT2D eigenvalue weighted by Gasteiger charge is -2.46. The fourth-order valence-electron chi connectivity index (χ4n) is 12.6. The normalized spacial score (nSPS) is 13.8. The van der Waals surface area contributed by atoms with Crippen molar-refractivity contribution in [1.29, 1.82) is 0 Å². The van der Waals surface area contributed by atoms with Gasteiger partial charge in [0.25, 0.3) is 0 Å². The van der Waals surface area contributed by atoms with Gasteiger partial charge in [0.1, 0.15) is 5.58 Å². The molecule has 1 aromatic heterocycles. The Labute approximate surface area is 494 Å². The van der Waals surface area contributed by atoms with Crippen LogP contribution in [0.1, 0.15) is 125 Å². The predicted octanol–water partition coefficient (Wildman–Crippen LogP) is 21.2. The second-order valence-corrected chi connectivity index (χ2v) is 27.1. The number of hydrogen-bond acceptors (Lipinski definition) is 4. The Morgan fingerprint density at radius 1 is 0.506 bits per heavy atom. The van der Waals surface area contributed by atoms with Gasteiger partial charge in [-0.25, -0.2) is 0 Å². The van der Waals surface area contributed by atoms with Crippen molar-refractivity contribution in [1.82, 2.24) is 0 Å². The van der Waals surface area contributed by atoms with Crippen molar-refractivity contribution in [3.63, 3.8) is 0 Å². The molecule has 0 unspecified atom stereocenters. The van der Waals surface area contributed by atoms with Crippen molar-refractivity contribution < 1.29 is 4.42 Å². The molecule has 3 heterocycles. The van der Waals surface area contributed by atoms with Crippen LogP contribution in [-0.4, -0.2) is 6.85 Å². The number of para-hydroxylation sites is 1. The van der Waals surface area contributed by atoms with Gasteiger partial charge in [0.05, 0.1) is 11.4 Å². The molecule has 0 atom stereocenters. The zero-order valence-corrected chi connectivity index (χ0v) is 51.2. The van der Waals surface area contributed by atoms with Crippen molar-refractivity contribution in [2.75, 3.05) is 14.6 Å². The average Bonchev–Trinajstić information content (AvgIpc) is 1.57. The van der Waals surface area contributed by atoms with Crippen LogP contribution in [0.2, 0.25) is 0 Å². The number of nitrogens with zero attached hydrogens (tertiary/aromatic N) is 3. The van der Waals surface area contributed by atoms with Gasteiger partial charge in [0.15, 0.2) is 5.58 Å². The quantitative estimate of drug-likeness (QED) is 0.106. The minimum Gasteiger partial charge on any atom is -0.454 e. The smallest absolute Gasteiger partial charge is 0.333 e. The van der Waals surface area contributed by atoms with Gasteiger partial charge in [-0.3, -0.25) is 0 Å². The third-order valence-corrected chi connectivity index (χ3v) is 17.4. The monoisotopic (exact) mass is 1080 g/mol. The minimum absolute atomic E-state index is 0.00211. The Bertz CT molecular complexity index is 4150. The van der Waals surface area contributed by atoms with Gasteiger partial charge in [-0.15, -0.1) is 0 Å². The predicted molar refractivity (Wildman–Crippen MR) is 360 cm³/mol. The first kappa shape index (κ1) is 55.0. The molecule has 83 heavy (non-hydrogen) atoms. The molecule has 0 radical (unpaired) electrons. The van der Waals surface area contributed by atoms with Crippen LogP contribution in [0.25, 0.3) is 49.8 Å². The number of hydrogen-bond donors (Lipinski definition) is 0. The lowest BCUT2D eigenvalue weighted by atomic mass is 9.43. The summed E-state index contributed by atoms with van der Waals surface area (Å²) >= 11 is 0. The summed E-state index contributed by atoms with van der Waals surface area (Å²) in [6.45, 7) is 35.9. The number of allylic oxidation sites excluding steroid dienone is 5. The van der Waals surface area contributed by atoms with E-state index >= 15 is 0 Å². The maximum absolute atomic E-state index is 7.30. The van der Waals surface area contributed by atoms with Crippen molar-refractivity contribution in [2.24, 2.45) is 0 Å². The number of benzene rings is 9. The van der Waals surface area contributed by atoms with E-state index in [9.17, 15) is 0 Å². The van der Waals surface area contributed by atoms with Gasteiger partial charge in [0, 0.05) is 56.0 Å². The number of fused-ring (bicyclic) bond motifs is 8. The van der Waals surface area contributed by atoms with Crippen molar-refractivity contribution >= 4 is 90.8 Å². The van der Waals surface area contributed by atoms with Crippen LogP contribution >= 0.6 is 0 Å². The maximum atomic E-state index is 7.30. The number of rotatable bonds is 9. The minimum atomic E-state index is -0.272. The second kappa shape index (κ2) is 20.4. The zero-order chi connectivity index (χ0) is 58.5. The maximum Gasteiger partial charge on any atom is 0.333 e. The topological polar surface area (TPSA) is 22.9 Å². The van der Waals surface area contributed by atoms with Crippen LogP contribution in [0.15, 0.2) is 223 Å². The summed E-state index contributed by atoms with van der Waals surface area (Å²) in [6, 6.07) is 71.2. The van der Waals surface area contributed by atoms with Gasteiger partial charge in [-0.2, -0.15) is 0 Å². The molecule has 4 nitrogen and oxygen atoms in total. The van der Waals surface area contributed by atoms with Crippen molar-refractivity contribution in [3.8, 4) is 22.3 Å². The molecule has 0 saturated carbocycles. The van der Waals surface area contributed by atoms with Crippen LogP contribution < -0.4 is 25.5 Å².